The number of hydrogen-bond acceptors (Lipinski definition) is 4. The highest BCUT2D eigenvalue weighted by atomic mass is 19.4. The number of hydrogen-bond donors (Lipinski definition) is 0. The maximum Gasteiger partial charge on any atom is 0.419 e. The molecule has 1 aliphatic rings. The van der Waals surface area contributed by atoms with Gasteiger partial charge < -0.3 is 0 Å². The molecule has 236 valence electrons. The summed E-state index contributed by atoms with van der Waals surface area (Å²) >= 11 is 0. The molecule has 1 atom stereocenters. The minimum atomic E-state index is -4.86. The molecule has 6 aromatic carbocycles. The van der Waals surface area contributed by atoms with Crippen LogP contribution < -0.4 is 10.7 Å². The molecule has 0 fully saturated rings. The summed E-state index contributed by atoms with van der Waals surface area (Å²) in [4.78, 5) is 8.08. The lowest BCUT2D eigenvalue weighted by molar-refractivity contribution is -0.140. The van der Waals surface area contributed by atoms with Crippen molar-refractivity contribution < 1.29 is 35.1 Å². The lowest BCUT2D eigenvalue weighted by Crippen LogP contribution is -2.23. The van der Waals surface area contributed by atoms with Gasteiger partial charge in [-0.25, -0.2) is 8.78 Å². The van der Waals surface area contributed by atoms with Crippen molar-refractivity contribution in [3.63, 3.8) is 0 Å². The second kappa shape index (κ2) is 10.8. The van der Waals surface area contributed by atoms with Gasteiger partial charge in [0.1, 0.15) is 12.0 Å². The first kappa shape index (κ1) is 30.8. The number of nitrogens with zero attached hydrogens (tertiary/aromatic N) is 4. The molecule has 0 bridgehead atoms. The van der Waals surface area contributed by atoms with Gasteiger partial charge in [-0.15, -0.1) is 0 Å². The molecule has 0 radical (unpaired) electrons. The summed E-state index contributed by atoms with van der Waals surface area (Å²) in [6.45, 7) is 0. The Bertz CT molecular complexity index is 2620. The van der Waals surface area contributed by atoms with Gasteiger partial charge >= 0.3 is 12.4 Å². The Balaban J connectivity index is 1.44. The van der Waals surface area contributed by atoms with Gasteiger partial charge in [0, 0.05) is 28.0 Å². The van der Waals surface area contributed by atoms with Gasteiger partial charge in [-0.3, -0.25) is 0 Å². The highest BCUT2D eigenvalue weighted by molar-refractivity contribution is 6.21. The second-order valence-corrected chi connectivity index (χ2v) is 11.3. The number of fused-ring (bicyclic) bond motifs is 6. The number of rotatable bonds is 2. The summed E-state index contributed by atoms with van der Waals surface area (Å²) in [6.07, 6.45) is -6.83. The standard InChI is InChI=1S/C36H16F8N4/c37-31-11-19(3-7-29(31)35(39,40)41)17-1-5-21-23-13-28-24(14-27(23)33(47-15-45)25(21)9-17)22-6-2-18(10-26(22)34(28)48-16-46)20-4-8-30(32(38)12-20)36(42,43)44/h1-11,13-14,32H,12H2/b47-33+,48-34+. The van der Waals surface area contributed by atoms with Crippen molar-refractivity contribution in [2.75, 3.05) is 0 Å². The van der Waals surface area contributed by atoms with Gasteiger partial charge in [-0.2, -0.15) is 46.9 Å². The molecular formula is C36H16F8N4. The molecule has 0 N–H and O–H groups in total. The fourth-order valence-electron chi connectivity index (χ4n) is 6.47. The number of benzene rings is 4. The van der Waals surface area contributed by atoms with Crippen molar-refractivity contribution in [3.8, 4) is 23.5 Å². The first-order valence-electron chi connectivity index (χ1n) is 14.2. The Hall–Kier alpha value is -5.88. The normalized spacial score (nSPS) is 16.5. The van der Waals surface area contributed by atoms with Crippen LogP contribution >= 0.6 is 0 Å². The van der Waals surface area contributed by atoms with Gasteiger partial charge in [-0.1, -0.05) is 42.5 Å². The van der Waals surface area contributed by atoms with Gasteiger partial charge in [0.05, 0.1) is 21.9 Å². The number of allylic oxidation sites excluding steroid dienone is 4. The Kier molecular flexibility index (Phi) is 6.95. The van der Waals surface area contributed by atoms with Crippen molar-refractivity contribution in [1.82, 2.24) is 0 Å². The third-order valence-corrected chi connectivity index (χ3v) is 8.63. The number of nitriles is 2. The number of alkyl halides is 7. The molecule has 12 heteroatoms. The lowest BCUT2D eigenvalue weighted by Gasteiger charge is -2.21. The molecule has 0 saturated heterocycles. The van der Waals surface area contributed by atoms with Crippen LogP contribution in [0.2, 0.25) is 0 Å². The highest BCUT2D eigenvalue weighted by Gasteiger charge is 2.40. The van der Waals surface area contributed by atoms with Crippen molar-refractivity contribution in [2.45, 2.75) is 24.9 Å². The molecule has 1 unspecified atom stereocenters. The van der Waals surface area contributed by atoms with Crippen LogP contribution in [0.3, 0.4) is 0 Å². The van der Waals surface area contributed by atoms with Crippen LogP contribution in [-0.4, -0.2) is 12.3 Å². The zero-order chi connectivity index (χ0) is 34.1. The van der Waals surface area contributed by atoms with E-state index >= 15 is 0 Å². The summed E-state index contributed by atoms with van der Waals surface area (Å²) in [5, 5.41) is 24.3. The molecule has 0 amide bonds. The third-order valence-electron chi connectivity index (χ3n) is 8.63. The van der Waals surface area contributed by atoms with E-state index in [0.717, 1.165) is 18.2 Å². The van der Waals surface area contributed by atoms with E-state index < -0.39 is 41.9 Å². The van der Waals surface area contributed by atoms with Crippen LogP contribution in [0.5, 0.6) is 0 Å². The van der Waals surface area contributed by atoms with Crippen molar-refractivity contribution in [3.05, 3.63) is 112 Å². The van der Waals surface area contributed by atoms with E-state index in [1.54, 1.807) is 60.9 Å². The van der Waals surface area contributed by atoms with E-state index in [0.29, 0.717) is 65.9 Å². The Morgan fingerprint density at radius 2 is 1.08 bits per heavy atom. The summed E-state index contributed by atoms with van der Waals surface area (Å²) in [7, 11) is 0. The smallest absolute Gasteiger partial charge is 0.242 e. The Morgan fingerprint density at radius 3 is 1.58 bits per heavy atom. The first-order chi connectivity index (χ1) is 22.8. The average Bonchev–Trinajstić information content (AvgIpc) is 3.49. The van der Waals surface area contributed by atoms with Crippen LogP contribution in [0.4, 0.5) is 35.1 Å². The van der Waals surface area contributed by atoms with Crippen molar-refractivity contribution >= 4 is 48.7 Å². The maximum atomic E-state index is 14.5. The molecule has 0 aliphatic heterocycles. The van der Waals surface area contributed by atoms with Crippen LogP contribution in [0.25, 0.3) is 59.8 Å². The van der Waals surface area contributed by atoms with Crippen molar-refractivity contribution in [1.29, 1.82) is 10.5 Å². The van der Waals surface area contributed by atoms with E-state index in [-0.39, 0.29) is 16.3 Å². The van der Waals surface area contributed by atoms with E-state index in [1.165, 1.54) is 6.08 Å². The molecular weight excluding hydrogens is 640 g/mol. The zero-order valence-corrected chi connectivity index (χ0v) is 24.1. The predicted octanol–water partition coefficient (Wildman–Crippen LogP) is 9.38. The summed E-state index contributed by atoms with van der Waals surface area (Å²) < 4.78 is 108. The molecule has 4 nitrogen and oxygen atoms in total. The van der Waals surface area contributed by atoms with E-state index in [4.69, 9.17) is 0 Å². The lowest BCUT2D eigenvalue weighted by atomic mass is 9.91. The van der Waals surface area contributed by atoms with Gasteiger partial charge in [0.25, 0.3) is 0 Å². The Labute approximate surface area is 264 Å². The van der Waals surface area contributed by atoms with E-state index in [2.05, 4.69) is 9.98 Å². The topological polar surface area (TPSA) is 72.3 Å². The molecule has 1 aliphatic carbocycles. The predicted molar refractivity (Wildman–Crippen MR) is 163 cm³/mol. The second-order valence-electron chi connectivity index (χ2n) is 11.3. The van der Waals surface area contributed by atoms with Crippen LogP contribution in [0.1, 0.15) is 17.5 Å². The van der Waals surface area contributed by atoms with E-state index in [1.807, 2.05) is 0 Å². The van der Waals surface area contributed by atoms with E-state index in [9.17, 15) is 45.6 Å². The number of halogens is 8. The fourth-order valence-corrected chi connectivity index (χ4v) is 6.47. The first-order valence-corrected chi connectivity index (χ1v) is 14.2. The van der Waals surface area contributed by atoms with Gasteiger partial charge in [-0.05, 0) is 80.2 Å². The SMILES string of the molecule is N#C/N=c1\c2cc(C3=CC=C(C(F)(F)F)C(F)C3)ccc2c2cc3/c(=N/C#N)c4cc(-c5ccc(C(F)(F)F)c(F)c5)ccc4c3cc12. The molecule has 0 spiro atoms. The summed E-state index contributed by atoms with van der Waals surface area (Å²) in [5.41, 5.74) is -1.27. The largest absolute Gasteiger partial charge is 0.419 e. The quantitative estimate of drug-likeness (QED) is 0.138. The maximum absolute atomic E-state index is 14.5. The zero-order valence-electron chi connectivity index (χ0n) is 24.1. The minimum absolute atomic E-state index is 0.184. The molecule has 48 heavy (non-hydrogen) atoms. The van der Waals surface area contributed by atoms with Gasteiger partial charge in [0.15, 0.2) is 0 Å². The van der Waals surface area contributed by atoms with Gasteiger partial charge in [0.2, 0.25) is 12.4 Å². The van der Waals surface area contributed by atoms with Crippen LogP contribution in [-0.2, 0) is 6.18 Å². The third kappa shape index (κ3) is 4.88. The monoisotopic (exact) mass is 656 g/mol. The molecule has 0 saturated carbocycles. The average molecular weight is 657 g/mol. The van der Waals surface area contributed by atoms with Crippen LogP contribution in [0.15, 0.2) is 94.4 Å². The molecule has 6 aromatic rings. The molecule has 0 heterocycles. The Morgan fingerprint density at radius 1 is 0.583 bits per heavy atom. The summed E-state index contributed by atoms with van der Waals surface area (Å²) in [5.74, 6) is -1.43. The summed E-state index contributed by atoms with van der Waals surface area (Å²) in [6, 6.07) is 16.0. The fraction of sp³-hybridized carbons (Fsp3) is 0.111. The van der Waals surface area contributed by atoms with Crippen molar-refractivity contribution in [2.24, 2.45) is 9.98 Å². The molecule has 0 aromatic heterocycles. The van der Waals surface area contributed by atoms with Crippen LogP contribution in [0, 0.1) is 28.7 Å². The minimum Gasteiger partial charge on any atom is -0.242 e. The molecule has 7 rings (SSSR count). The highest BCUT2D eigenvalue weighted by Crippen LogP contribution is 2.40.